The van der Waals surface area contributed by atoms with Gasteiger partial charge < -0.3 is 10.1 Å². The fourth-order valence-electron chi connectivity index (χ4n) is 2.85. The van der Waals surface area contributed by atoms with Gasteiger partial charge in [-0.15, -0.1) is 0 Å². The molecule has 0 spiro atoms. The minimum atomic E-state index is -4.57. The molecule has 0 saturated heterocycles. The van der Waals surface area contributed by atoms with Gasteiger partial charge in [-0.25, -0.2) is 8.78 Å². The number of rotatable bonds is 3. The van der Waals surface area contributed by atoms with Gasteiger partial charge in [0.2, 0.25) is 0 Å². The first-order chi connectivity index (χ1) is 11.3. The maximum absolute atomic E-state index is 14.1. The first-order valence-corrected chi connectivity index (χ1v) is 7.30. The quantitative estimate of drug-likeness (QED) is 0.845. The predicted molar refractivity (Wildman–Crippen MR) is 78.8 cm³/mol. The van der Waals surface area contributed by atoms with Crippen molar-refractivity contribution < 1.29 is 26.7 Å². The van der Waals surface area contributed by atoms with Crippen molar-refractivity contribution in [3.8, 4) is 16.9 Å². The summed E-state index contributed by atoms with van der Waals surface area (Å²) < 4.78 is 72.4. The molecule has 1 N–H and O–H groups in total. The van der Waals surface area contributed by atoms with E-state index in [0.717, 1.165) is 24.3 Å². The molecule has 24 heavy (non-hydrogen) atoms. The average molecular weight is 343 g/mol. The lowest BCUT2D eigenvalue weighted by molar-refractivity contribution is -0.137. The molecule has 1 unspecified atom stereocenters. The van der Waals surface area contributed by atoms with Crippen LogP contribution in [0.15, 0.2) is 30.3 Å². The Bertz CT molecular complexity index is 772. The summed E-state index contributed by atoms with van der Waals surface area (Å²) >= 11 is 0. The number of alkyl halides is 3. The summed E-state index contributed by atoms with van der Waals surface area (Å²) in [5.41, 5.74) is -0.655. The number of benzene rings is 2. The largest absolute Gasteiger partial charge is 0.488 e. The molecule has 0 amide bonds. The van der Waals surface area contributed by atoms with E-state index in [4.69, 9.17) is 4.74 Å². The van der Waals surface area contributed by atoms with Crippen molar-refractivity contribution in [2.75, 3.05) is 13.6 Å². The van der Waals surface area contributed by atoms with Crippen LogP contribution in [0.2, 0.25) is 0 Å². The molecule has 0 aromatic heterocycles. The average Bonchev–Trinajstić information content (AvgIpc) is 2.88. The van der Waals surface area contributed by atoms with E-state index in [9.17, 15) is 22.0 Å². The van der Waals surface area contributed by atoms with Gasteiger partial charge in [-0.1, -0.05) is 0 Å². The number of hydrogen-bond acceptors (Lipinski definition) is 2. The van der Waals surface area contributed by atoms with Crippen LogP contribution in [0.25, 0.3) is 11.1 Å². The fraction of sp³-hybridized carbons (Fsp3) is 0.294. The van der Waals surface area contributed by atoms with Gasteiger partial charge >= 0.3 is 6.18 Å². The number of likely N-dealkylation sites (N-methyl/N-ethyl adjacent to an activating group) is 1. The van der Waals surface area contributed by atoms with Crippen molar-refractivity contribution in [1.29, 1.82) is 0 Å². The molecule has 1 atom stereocenters. The van der Waals surface area contributed by atoms with E-state index < -0.39 is 23.4 Å². The van der Waals surface area contributed by atoms with Gasteiger partial charge in [0, 0.05) is 30.2 Å². The Balaban J connectivity index is 2.16. The molecule has 0 fully saturated rings. The lowest BCUT2D eigenvalue weighted by Crippen LogP contribution is -2.27. The van der Waals surface area contributed by atoms with Crippen molar-refractivity contribution in [1.82, 2.24) is 5.32 Å². The highest BCUT2D eigenvalue weighted by Gasteiger charge is 2.35. The van der Waals surface area contributed by atoms with Crippen molar-refractivity contribution in [2.45, 2.75) is 18.7 Å². The Kier molecular flexibility index (Phi) is 4.21. The predicted octanol–water partition coefficient (Wildman–Crippen LogP) is 4.17. The summed E-state index contributed by atoms with van der Waals surface area (Å²) in [5, 5.41) is 2.90. The van der Waals surface area contributed by atoms with Gasteiger partial charge in [-0.05, 0) is 36.9 Å². The summed E-state index contributed by atoms with van der Waals surface area (Å²) in [7, 11) is 1.70. The molecule has 2 nitrogen and oxygen atoms in total. The highest BCUT2D eigenvalue weighted by molar-refractivity contribution is 5.74. The summed E-state index contributed by atoms with van der Waals surface area (Å²) in [4.78, 5) is 0. The van der Waals surface area contributed by atoms with Crippen LogP contribution in [0, 0.1) is 11.6 Å². The Morgan fingerprint density at radius 3 is 2.50 bits per heavy atom. The van der Waals surface area contributed by atoms with Gasteiger partial charge in [0.05, 0.1) is 5.56 Å². The van der Waals surface area contributed by atoms with Crippen molar-refractivity contribution in [3.63, 3.8) is 0 Å². The molecule has 3 rings (SSSR count). The van der Waals surface area contributed by atoms with Crippen LogP contribution in [-0.4, -0.2) is 19.7 Å². The molecule has 0 aliphatic carbocycles. The zero-order chi connectivity index (χ0) is 17.5. The third-order valence-electron chi connectivity index (χ3n) is 3.88. The highest BCUT2D eigenvalue weighted by Crippen LogP contribution is 2.44. The van der Waals surface area contributed by atoms with Crippen LogP contribution in [0.4, 0.5) is 22.0 Å². The minimum absolute atomic E-state index is 0.0177. The van der Waals surface area contributed by atoms with Gasteiger partial charge in [0.1, 0.15) is 23.5 Å². The standard InChI is InChI=1S/C17H14F5NO/c1-23-8-12-5-9-4-10(17(20,21)22)6-14(16(9)24-12)13-3-2-11(18)7-15(13)19/h2-4,6-7,12,23H,5,8H2,1H3. The van der Waals surface area contributed by atoms with Gasteiger partial charge in [-0.2, -0.15) is 13.2 Å². The summed E-state index contributed by atoms with van der Waals surface area (Å²) in [5.74, 6) is -1.51. The van der Waals surface area contributed by atoms with Crippen LogP contribution in [0.1, 0.15) is 11.1 Å². The fourth-order valence-corrected chi connectivity index (χ4v) is 2.85. The lowest BCUT2D eigenvalue weighted by Gasteiger charge is -2.15. The summed E-state index contributed by atoms with van der Waals surface area (Å²) in [6.45, 7) is 0.446. The second-order valence-corrected chi connectivity index (χ2v) is 5.64. The number of nitrogens with one attached hydrogen (secondary N) is 1. The molecule has 7 heteroatoms. The minimum Gasteiger partial charge on any atom is -0.488 e. The number of halogens is 5. The molecule has 0 radical (unpaired) electrons. The maximum Gasteiger partial charge on any atom is 0.416 e. The van der Waals surface area contributed by atoms with Crippen molar-refractivity contribution >= 4 is 0 Å². The van der Waals surface area contributed by atoms with Crippen LogP contribution < -0.4 is 10.1 Å². The number of ether oxygens (including phenoxy) is 1. The molecule has 0 bridgehead atoms. The molecule has 0 saturated carbocycles. The van der Waals surface area contributed by atoms with Gasteiger partial charge in [0.15, 0.2) is 0 Å². The van der Waals surface area contributed by atoms with Gasteiger partial charge in [-0.3, -0.25) is 0 Å². The SMILES string of the molecule is CNCC1Cc2cc(C(F)(F)F)cc(-c3ccc(F)cc3F)c2O1. The first kappa shape index (κ1) is 16.7. The zero-order valence-electron chi connectivity index (χ0n) is 12.7. The van der Waals surface area contributed by atoms with E-state index in [-0.39, 0.29) is 29.4 Å². The highest BCUT2D eigenvalue weighted by atomic mass is 19.4. The number of fused-ring (bicyclic) bond motifs is 1. The van der Waals surface area contributed by atoms with E-state index in [1.165, 1.54) is 0 Å². The third kappa shape index (κ3) is 3.08. The van der Waals surface area contributed by atoms with E-state index in [2.05, 4.69) is 5.32 Å². The van der Waals surface area contributed by atoms with Crippen LogP contribution in [0.3, 0.4) is 0 Å². The van der Waals surface area contributed by atoms with Crippen LogP contribution in [-0.2, 0) is 12.6 Å². The zero-order valence-corrected chi connectivity index (χ0v) is 12.7. The van der Waals surface area contributed by atoms with E-state index in [1.807, 2.05) is 0 Å². The monoisotopic (exact) mass is 343 g/mol. The number of hydrogen-bond donors (Lipinski definition) is 1. The Labute approximate surface area is 135 Å². The smallest absolute Gasteiger partial charge is 0.416 e. The second-order valence-electron chi connectivity index (χ2n) is 5.64. The van der Waals surface area contributed by atoms with E-state index in [0.29, 0.717) is 18.2 Å². The Morgan fingerprint density at radius 1 is 1.12 bits per heavy atom. The molecule has 1 aliphatic rings. The van der Waals surface area contributed by atoms with E-state index >= 15 is 0 Å². The summed E-state index contributed by atoms with van der Waals surface area (Å²) in [6.07, 6.45) is -4.62. The molecular weight excluding hydrogens is 329 g/mol. The second kappa shape index (κ2) is 6.05. The molecule has 1 aliphatic heterocycles. The Morgan fingerprint density at radius 2 is 1.88 bits per heavy atom. The molecular formula is C17H14F5NO. The van der Waals surface area contributed by atoms with E-state index in [1.54, 1.807) is 7.05 Å². The first-order valence-electron chi connectivity index (χ1n) is 7.30. The van der Waals surface area contributed by atoms with Crippen LogP contribution in [0.5, 0.6) is 5.75 Å². The third-order valence-corrected chi connectivity index (χ3v) is 3.88. The van der Waals surface area contributed by atoms with Crippen molar-refractivity contribution in [2.24, 2.45) is 0 Å². The Hall–Kier alpha value is -2.15. The molecule has 2 aromatic rings. The summed E-state index contributed by atoms with van der Waals surface area (Å²) in [6, 6.07) is 4.63. The molecule has 2 aromatic carbocycles. The van der Waals surface area contributed by atoms with Crippen molar-refractivity contribution in [3.05, 3.63) is 53.1 Å². The maximum atomic E-state index is 14.1. The van der Waals surface area contributed by atoms with Gasteiger partial charge in [0.25, 0.3) is 0 Å². The lowest BCUT2D eigenvalue weighted by atomic mass is 9.96. The topological polar surface area (TPSA) is 21.3 Å². The molecule has 1 heterocycles. The normalized spacial score (nSPS) is 16.8. The van der Waals surface area contributed by atoms with Crippen LogP contribution >= 0.6 is 0 Å². The molecule has 128 valence electrons.